The van der Waals surface area contributed by atoms with Crippen LogP contribution in [0, 0.1) is 11.7 Å². The van der Waals surface area contributed by atoms with E-state index in [9.17, 15) is 4.39 Å². The number of hydrogen-bond donors (Lipinski definition) is 1. The quantitative estimate of drug-likeness (QED) is 0.885. The molecule has 2 nitrogen and oxygen atoms in total. The summed E-state index contributed by atoms with van der Waals surface area (Å²) in [6.07, 6.45) is 2.48. The van der Waals surface area contributed by atoms with Gasteiger partial charge in [-0.1, -0.05) is 13.0 Å². The molecule has 2 rings (SSSR count). The number of hydrogen-bond acceptors (Lipinski definition) is 2. The number of rotatable bonds is 3. The Bertz CT molecular complexity index is 405. The summed E-state index contributed by atoms with van der Waals surface area (Å²) in [5, 5.41) is 3.15. The highest BCUT2D eigenvalue weighted by atomic mass is 19.1. The molecule has 1 fully saturated rings. The molecular weight excluding hydrogens is 227 g/mol. The summed E-state index contributed by atoms with van der Waals surface area (Å²) in [5.41, 5.74) is 1.86. The summed E-state index contributed by atoms with van der Waals surface area (Å²) in [5.74, 6) is 0.590. The van der Waals surface area contributed by atoms with Crippen LogP contribution in [0.1, 0.15) is 38.3 Å². The Kier molecular flexibility index (Phi) is 4.23. The molecule has 1 saturated heterocycles. The molecule has 1 aromatic carbocycles. The van der Waals surface area contributed by atoms with Crippen molar-refractivity contribution in [1.29, 1.82) is 0 Å². The van der Waals surface area contributed by atoms with Gasteiger partial charge in [-0.15, -0.1) is 0 Å². The molecule has 0 radical (unpaired) electrons. The van der Waals surface area contributed by atoms with Gasteiger partial charge < -0.3 is 10.2 Å². The van der Waals surface area contributed by atoms with E-state index in [2.05, 4.69) is 17.1 Å². The molecule has 0 bridgehead atoms. The van der Waals surface area contributed by atoms with Crippen LogP contribution in [0.3, 0.4) is 0 Å². The predicted molar refractivity (Wildman–Crippen MR) is 74.5 cm³/mol. The summed E-state index contributed by atoms with van der Waals surface area (Å²) >= 11 is 0. The molecule has 1 N–H and O–H groups in total. The van der Waals surface area contributed by atoms with Crippen LogP contribution in [0.4, 0.5) is 10.1 Å². The van der Waals surface area contributed by atoms with Crippen molar-refractivity contribution in [3.63, 3.8) is 0 Å². The molecule has 0 saturated carbocycles. The van der Waals surface area contributed by atoms with Crippen molar-refractivity contribution in [3.8, 4) is 0 Å². The second kappa shape index (κ2) is 5.70. The largest absolute Gasteiger partial charge is 0.371 e. The van der Waals surface area contributed by atoms with Crippen molar-refractivity contribution in [2.24, 2.45) is 5.92 Å². The summed E-state index contributed by atoms with van der Waals surface area (Å²) in [4.78, 5) is 2.33. The first-order valence-corrected chi connectivity index (χ1v) is 6.84. The molecule has 18 heavy (non-hydrogen) atoms. The van der Waals surface area contributed by atoms with E-state index in [1.807, 2.05) is 26.1 Å². The van der Waals surface area contributed by atoms with Gasteiger partial charge in [-0.25, -0.2) is 4.39 Å². The van der Waals surface area contributed by atoms with Crippen LogP contribution in [0.5, 0.6) is 0 Å². The van der Waals surface area contributed by atoms with Gasteiger partial charge in [-0.2, -0.15) is 0 Å². The molecule has 3 heteroatoms. The molecular formula is C15H23FN2. The normalized spacial score (nSPS) is 22.0. The zero-order valence-corrected chi connectivity index (χ0v) is 11.5. The zero-order chi connectivity index (χ0) is 13.1. The standard InChI is InChI=1S/C15H23FN2/c1-11-6-5-9-18(10-11)14-8-4-7-13(16)15(14)12(2)17-3/h4,7-8,11-12,17H,5-6,9-10H2,1-3H3. The van der Waals surface area contributed by atoms with Crippen molar-refractivity contribution < 1.29 is 4.39 Å². The van der Waals surface area contributed by atoms with Crippen molar-refractivity contribution in [1.82, 2.24) is 5.32 Å². The van der Waals surface area contributed by atoms with Gasteiger partial charge in [0, 0.05) is 30.4 Å². The minimum Gasteiger partial charge on any atom is -0.371 e. The Morgan fingerprint density at radius 2 is 2.22 bits per heavy atom. The molecule has 100 valence electrons. The van der Waals surface area contributed by atoms with E-state index < -0.39 is 0 Å². The van der Waals surface area contributed by atoms with E-state index in [1.165, 1.54) is 12.8 Å². The number of nitrogens with one attached hydrogen (secondary N) is 1. The number of piperidine rings is 1. The maximum Gasteiger partial charge on any atom is 0.130 e. The Labute approximate surface area is 109 Å². The van der Waals surface area contributed by atoms with Gasteiger partial charge in [0.25, 0.3) is 0 Å². The lowest BCUT2D eigenvalue weighted by molar-refractivity contribution is 0.443. The van der Waals surface area contributed by atoms with Gasteiger partial charge in [0.05, 0.1) is 0 Å². The van der Waals surface area contributed by atoms with Gasteiger partial charge in [0.2, 0.25) is 0 Å². The fraction of sp³-hybridized carbons (Fsp3) is 0.600. The third-order valence-electron chi connectivity index (χ3n) is 3.89. The average Bonchev–Trinajstić information content (AvgIpc) is 2.37. The average molecular weight is 250 g/mol. The molecule has 0 aliphatic carbocycles. The number of nitrogens with zero attached hydrogens (tertiary/aromatic N) is 1. The third kappa shape index (κ3) is 2.66. The summed E-state index contributed by atoms with van der Waals surface area (Å²) in [7, 11) is 1.87. The maximum absolute atomic E-state index is 14.1. The number of benzene rings is 1. The van der Waals surface area contributed by atoms with Gasteiger partial charge in [0.1, 0.15) is 5.82 Å². The molecule has 1 aliphatic rings. The molecule has 1 aliphatic heterocycles. The smallest absolute Gasteiger partial charge is 0.130 e. The summed E-state index contributed by atoms with van der Waals surface area (Å²) in [6, 6.07) is 5.46. The van der Waals surface area contributed by atoms with E-state index in [1.54, 1.807) is 6.07 Å². The molecule has 0 amide bonds. The van der Waals surface area contributed by atoms with Gasteiger partial charge in [-0.05, 0) is 44.9 Å². The van der Waals surface area contributed by atoms with Crippen LogP contribution in [0.2, 0.25) is 0 Å². The second-order valence-corrected chi connectivity index (χ2v) is 5.38. The monoisotopic (exact) mass is 250 g/mol. The fourth-order valence-corrected chi connectivity index (χ4v) is 2.78. The molecule has 0 spiro atoms. The highest BCUT2D eigenvalue weighted by molar-refractivity contribution is 5.56. The molecule has 1 heterocycles. The lowest BCUT2D eigenvalue weighted by atomic mass is 9.97. The van der Waals surface area contributed by atoms with Crippen molar-refractivity contribution in [3.05, 3.63) is 29.6 Å². The van der Waals surface area contributed by atoms with E-state index in [-0.39, 0.29) is 11.9 Å². The Hall–Kier alpha value is -1.09. The number of anilines is 1. The van der Waals surface area contributed by atoms with Crippen molar-refractivity contribution in [2.45, 2.75) is 32.7 Å². The van der Waals surface area contributed by atoms with E-state index >= 15 is 0 Å². The zero-order valence-electron chi connectivity index (χ0n) is 11.5. The van der Waals surface area contributed by atoms with Crippen LogP contribution in [-0.4, -0.2) is 20.1 Å². The molecule has 2 atom stereocenters. The topological polar surface area (TPSA) is 15.3 Å². The van der Waals surface area contributed by atoms with E-state index in [0.29, 0.717) is 5.92 Å². The molecule has 2 unspecified atom stereocenters. The Morgan fingerprint density at radius 1 is 1.44 bits per heavy atom. The van der Waals surface area contributed by atoms with Crippen LogP contribution < -0.4 is 10.2 Å². The van der Waals surface area contributed by atoms with Crippen LogP contribution in [0.25, 0.3) is 0 Å². The molecule has 1 aromatic rings. The first-order valence-electron chi connectivity index (χ1n) is 6.84. The minimum absolute atomic E-state index is 0.0402. The minimum atomic E-state index is -0.104. The van der Waals surface area contributed by atoms with Gasteiger partial charge in [0.15, 0.2) is 0 Å². The maximum atomic E-state index is 14.1. The summed E-state index contributed by atoms with van der Waals surface area (Å²) < 4.78 is 14.1. The lowest BCUT2D eigenvalue weighted by Crippen LogP contribution is -2.35. The van der Waals surface area contributed by atoms with Crippen molar-refractivity contribution >= 4 is 5.69 Å². The van der Waals surface area contributed by atoms with Crippen LogP contribution in [0.15, 0.2) is 18.2 Å². The first kappa shape index (κ1) is 13.3. The van der Waals surface area contributed by atoms with Gasteiger partial charge in [-0.3, -0.25) is 0 Å². The predicted octanol–water partition coefficient (Wildman–Crippen LogP) is 3.34. The fourth-order valence-electron chi connectivity index (χ4n) is 2.78. The number of halogens is 1. The SMILES string of the molecule is CNC(C)c1c(F)cccc1N1CCCC(C)C1. The molecule has 0 aromatic heterocycles. The third-order valence-corrected chi connectivity index (χ3v) is 3.89. The van der Waals surface area contributed by atoms with Crippen molar-refractivity contribution in [2.75, 3.05) is 25.0 Å². The Morgan fingerprint density at radius 3 is 2.89 bits per heavy atom. The van der Waals surface area contributed by atoms with E-state index in [0.717, 1.165) is 24.3 Å². The summed E-state index contributed by atoms with van der Waals surface area (Å²) in [6.45, 7) is 6.35. The highest BCUT2D eigenvalue weighted by Gasteiger charge is 2.22. The first-order chi connectivity index (χ1) is 8.63. The van der Waals surface area contributed by atoms with Crippen LogP contribution in [-0.2, 0) is 0 Å². The van der Waals surface area contributed by atoms with Crippen LogP contribution >= 0.6 is 0 Å². The second-order valence-electron chi connectivity index (χ2n) is 5.38. The van der Waals surface area contributed by atoms with Gasteiger partial charge >= 0.3 is 0 Å². The lowest BCUT2D eigenvalue weighted by Gasteiger charge is -2.35. The van der Waals surface area contributed by atoms with E-state index in [4.69, 9.17) is 0 Å². The highest BCUT2D eigenvalue weighted by Crippen LogP contribution is 2.31. The Balaban J connectivity index is 2.34.